The van der Waals surface area contributed by atoms with Gasteiger partial charge in [-0.25, -0.2) is 4.79 Å². The fourth-order valence-corrected chi connectivity index (χ4v) is 2.76. The SMILES string of the molecule is COc1ccc2c(c1)CC(NC(=O)Nc1cccc(C(C)=O)c1)CO2. The van der Waals surface area contributed by atoms with Gasteiger partial charge in [-0.3, -0.25) is 4.79 Å². The molecule has 1 aliphatic heterocycles. The quantitative estimate of drug-likeness (QED) is 0.839. The summed E-state index contributed by atoms with van der Waals surface area (Å²) in [7, 11) is 1.61. The lowest BCUT2D eigenvalue weighted by atomic mass is 10.0. The van der Waals surface area contributed by atoms with Crippen LogP contribution in [0.25, 0.3) is 0 Å². The maximum atomic E-state index is 12.2. The summed E-state index contributed by atoms with van der Waals surface area (Å²) < 4.78 is 10.9. The van der Waals surface area contributed by atoms with Gasteiger partial charge in [0.05, 0.1) is 13.2 Å². The Kier molecular flexibility index (Phi) is 4.88. The summed E-state index contributed by atoms with van der Waals surface area (Å²) >= 11 is 0. The van der Waals surface area contributed by atoms with Crippen LogP contribution in [0.3, 0.4) is 0 Å². The minimum absolute atomic E-state index is 0.0460. The molecule has 2 amide bonds. The average molecular weight is 340 g/mol. The molecular weight excluding hydrogens is 320 g/mol. The number of hydrogen-bond donors (Lipinski definition) is 2. The summed E-state index contributed by atoms with van der Waals surface area (Å²) in [6.45, 7) is 1.89. The Morgan fingerprint density at radius 1 is 1.20 bits per heavy atom. The van der Waals surface area contributed by atoms with Crippen LogP contribution in [0.4, 0.5) is 10.5 Å². The number of carbonyl (C=O) groups is 2. The van der Waals surface area contributed by atoms with E-state index < -0.39 is 0 Å². The monoisotopic (exact) mass is 340 g/mol. The summed E-state index contributed by atoms with van der Waals surface area (Å²) in [6, 6.07) is 12.0. The maximum Gasteiger partial charge on any atom is 0.319 e. The first-order valence-electron chi connectivity index (χ1n) is 8.03. The van der Waals surface area contributed by atoms with E-state index in [0.717, 1.165) is 17.1 Å². The zero-order valence-electron chi connectivity index (χ0n) is 14.2. The van der Waals surface area contributed by atoms with Crippen molar-refractivity contribution in [3.63, 3.8) is 0 Å². The summed E-state index contributed by atoms with van der Waals surface area (Å²) in [5, 5.41) is 5.64. The van der Waals surface area contributed by atoms with Crippen molar-refractivity contribution >= 4 is 17.5 Å². The number of carbonyl (C=O) groups excluding carboxylic acids is 2. The average Bonchev–Trinajstić information content (AvgIpc) is 2.61. The summed E-state index contributed by atoms with van der Waals surface area (Å²) in [5.41, 5.74) is 2.12. The molecule has 1 heterocycles. The smallest absolute Gasteiger partial charge is 0.319 e. The first-order chi connectivity index (χ1) is 12.0. The molecule has 0 aliphatic carbocycles. The van der Waals surface area contributed by atoms with E-state index in [-0.39, 0.29) is 17.9 Å². The van der Waals surface area contributed by atoms with Crippen molar-refractivity contribution in [1.29, 1.82) is 0 Å². The number of rotatable bonds is 4. The molecule has 1 aliphatic rings. The first kappa shape index (κ1) is 16.8. The van der Waals surface area contributed by atoms with Crippen molar-refractivity contribution < 1.29 is 19.1 Å². The third-order valence-corrected chi connectivity index (χ3v) is 4.04. The lowest BCUT2D eigenvalue weighted by molar-refractivity contribution is 0.101. The van der Waals surface area contributed by atoms with Gasteiger partial charge in [0.15, 0.2) is 5.78 Å². The Morgan fingerprint density at radius 3 is 2.80 bits per heavy atom. The van der Waals surface area contributed by atoms with Crippen molar-refractivity contribution in [3.8, 4) is 11.5 Å². The number of benzene rings is 2. The van der Waals surface area contributed by atoms with Gasteiger partial charge in [-0.05, 0) is 49.2 Å². The molecule has 0 saturated heterocycles. The molecule has 1 atom stereocenters. The van der Waals surface area contributed by atoms with E-state index in [9.17, 15) is 9.59 Å². The molecule has 0 radical (unpaired) electrons. The summed E-state index contributed by atoms with van der Waals surface area (Å²) in [5.74, 6) is 1.53. The number of amides is 2. The van der Waals surface area contributed by atoms with Gasteiger partial charge in [0.25, 0.3) is 0 Å². The van der Waals surface area contributed by atoms with Crippen LogP contribution in [0.5, 0.6) is 11.5 Å². The van der Waals surface area contributed by atoms with Crippen LogP contribution < -0.4 is 20.1 Å². The van der Waals surface area contributed by atoms with E-state index in [2.05, 4.69) is 10.6 Å². The molecule has 2 N–H and O–H groups in total. The van der Waals surface area contributed by atoms with Gasteiger partial charge in [0.1, 0.15) is 18.1 Å². The summed E-state index contributed by atoms with van der Waals surface area (Å²) in [4.78, 5) is 23.6. The van der Waals surface area contributed by atoms with Crippen LogP contribution in [0, 0.1) is 0 Å². The normalized spacial score (nSPS) is 15.5. The van der Waals surface area contributed by atoms with Crippen LogP contribution in [0.2, 0.25) is 0 Å². The number of anilines is 1. The molecular formula is C19H20N2O4. The summed E-state index contributed by atoms with van der Waals surface area (Å²) in [6.07, 6.45) is 0.660. The van der Waals surface area contributed by atoms with Crippen molar-refractivity contribution in [1.82, 2.24) is 5.32 Å². The number of methoxy groups -OCH3 is 1. The fraction of sp³-hybridized carbons (Fsp3) is 0.263. The third-order valence-electron chi connectivity index (χ3n) is 4.04. The predicted octanol–water partition coefficient (Wildman–Crippen LogP) is 3.02. The number of nitrogens with one attached hydrogen (secondary N) is 2. The lowest BCUT2D eigenvalue weighted by Crippen LogP contribution is -2.44. The third kappa shape index (κ3) is 4.09. The van der Waals surface area contributed by atoms with Gasteiger partial charge in [-0.2, -0.15) is 0 Å². The molecule has 25 heavy (non-hydrogen) atoms. The molecule has 6 heteroatoms. The van der Waals surface area contributed by atoms with Gasteiger partial charge < -0.3 is 20.1 Å². The van der Waals surface area contributed by atoms with Crippen LogP contribution in [-0.2, 0) is 6.42 Å². The molecule has 130 valence electrons. The van der Waals surface area contributed by atoms with E-state index in [4.69, 9.17) is 9.47 Å². The molecule has 0 saturated carbocycles. The van der Waals surface area contributed by atoms with Gasteiger partial charge in [0.2, 0.25) is 0 Å². The lowest BCUT2D eigenvalue weighted by Gasteiger charge is -2.26. The topological polar surface area (TPSA) is 76.7 Å². The largest absolute Gasteiger partial charge is 0.497 e. The predicted molar refractivity (Wildman–Crippen MR) is 94.6 cm³/mol. The van der Waals surface area contributed by atoms with Gasteiger partial charge >= 0.3 is 6.03 Å². The van der Waals surface area contributed by atoms with Gasteiger partial charge in [0, 0.05) is 11.3 Å². The zero-order chi connectivity index (χ0) is 17.8. The molecule has 2 aromatic carbocycles. The highest BCUT2D eigenvalue weighted by Gasteiger charge is 2.22. The molecule has 2 aromatic rings. The second-order valence-electron chi connectivity index (χ2n) is 5.92. The van der Waals surface area contributed by atoms with Crippen molar-refractivity contribution in [2.75, 3.05) is 19.0 Å². The molecule has 0 fully saturated rings. The Balaban J connectivity index is 1.62. The van der Waals surface area contributed by atoms with E-state index in [0.29, 0.717) is 24.3 Å². The van der Waals surface area contributed by atoms with Crippen molar-refractivity contribution in [2.45, 2.75) is 19.4 Å². The number of hydrogen-bond acceptors (Lipinski definition) is 4. The second-order valence-corrected chi connectivity index (χ2v) is 5.92. The number of Topliss-reactive ketones (excluding diaryl/α,β-unsaturated/α-hetero) is 1. The molecule has 6 nitrogen and oxygen atoms in total. The van der Waals surface area contributed by atoms with Crippen LogP contribution in [-0.4, -0.2) is 31.6 Å². The van der Waals surface area contributed by atoms with Crippen LogP contribution in [0.15, 0.2) is 42.5 Å². The van der Waals surface area contributed by atoms with E-state index in [1.165, 1.54) is 6.92 Å². The van der Waals surface area contributed by atoms with Crippen molar-refractivity contribution in [2.24, 2.45) is 0 Å². The fourth-order valence-electron chi connectivity index (χ4n) is 2.76. The van der Waals surface area contributed by atoms with E-state index in [1.807, 2.05) is 18.2 Å². The number of ether oxygens (including phenoxy) is 2. The molecule has 0 bridgehead atoms. The molecule has 0 spiro atoms. The van der Waals surface area contributed by atoms with Crippen LogP contribution in [0.1, 0.15) is 22.8 Å². The van der Waals surface area contributed by atoms with Crippen molar-refractivity contribution in [3.05, 3.63) is 53.6 Å². The second kappa shape index (κ2) is 7.25. The zero-order valence-corrected chi connectivity index (χ0v) is 14.2. The number of ketones is 1. The maximum absolute atomic E-state index is 12.2. The van der Waals surface area contributed by atoms with Gasteiger partial charge in [-0.15, -0.1) is 0 Å². The van der Waals surface area contributed by atoms with E-state index in [1.54, 1.807) is 31.4 Å². The highest BCUT2D eigenvalue weighted by Crippen LogP contribution is 2.28. The minimum Gasteiger partial charge on any atom is -0.497 e. The Labute approximate surface area is 146 Å². The highest BCUT2D eigenvalue weighted by atomic mass is 16.5. The molecule has 0 aromatic heterocycles. The Hall–Kier alpha value is -3.02. The first-order valence-corrected chi connectivity index (χ1v) is 8.03. The highest BCUT2D eigenvalue weighted by molar-refractivity contribution is 5.96. The number of fused-ring (bicyclic) bond motifs is 1. The standard InChI is InChI=1S/C19H20N2O4/c1-12(22)13-4-3-5-15(8-13)20-19(23)21-16-9-14-10-17(24-2)6-7-18(14)25-11-16/h3-8,10,16H,9,11H2,1-2H3,(H2,20,21,23). The van der Waals surface area contributed by atoms with E-state index >= 15 is 0 Å². The number of urea groups is 1. The Morgan fingerprint density at radius 2 is 2.04 bits per heavy atom. The molecule has 3 rings (SSSR count). The Bertz CT molecular complexity index is 804. The molecule has 1 unspecified atom stereocenters. The minimum atomic E-state index is -0.333. The van der Waals surface area contributed by atoms with Gasteiger partial charge in [-0.1, -0.05) is 12.1 Å². The van der Waals surface area contributed by atoms with Crippen LogP contribution >= 0.6 is 0 Å².